The van der Waals surface area contributed by atoms with Crippen molar-refractivity contribution in [1.82, 2.24) is 4.98 Å². The van der Waals surface area contributed by atoms with Gasteiger partial charge >= 0.3 is 0 Å². The standard InChI is InChI=1S/C17H13NO3/c1-2-5-12(6-3-1)9-14-16(19-10-18-14)13-7-4-8-15-17(13)21-11-20-15/h1-8,10H,9,11H2. The van der Waals surface area contributed by atoms with Gasteiger partial charge in [-0.1, -0.05) is 36.4 Å². The summed E-state index contributed by atoms with van der Waals surface area (Å²) < 4.78 is 16.6. The number of benzene rings is 2. The zero-order valence-corrected chi connectivity index (χ0v) is 11.3. The van der Waals surface area contributed by atoms with E-state index in [1.807, 2.05) is 36.4 Å². The van der Waals surface area contributed by atoms with Crippen LogP contribution < -0.4 is 9.47 Å². The zero-order chi connectivity index (χ0) is 14.1. The largest absolute Gasteiger partial charge is 0.454 e. The average molecular weight is 279 g/mol. The number of aromatic nitrogens is 1. The number of oxazole rings is 1. The fraction of sp³-hybridized carbons (Fsp3) is 0.118. The van der Waals surface area contributed by atoms with Crippen LogP contribution in [0.5, 0.6) is 11.5 Å². The highest BCUT2D eigenvalue weighted by molar-refractivity contribution is 5.72. The van der Waals surface area contributed by atoms with Gasteiger partial charge in [-0.2, -0.15) is 0 Å². The van der Waals surface area contributed by atoms with Gasteiger partial charge in [0.05, 0.1) is 11.3 Å². The molecule has 0 amide bonds. The molecule has 0 spiro atoms. The maximum Gasteiger partial charge on any atom is 0.231 e. The summed E-state index contributed by atoms with van der Waals surface area (Å²) in [7, 11) is 0. The molecule has 1 aliphatic rings. The van der Waals surface area contributed by atoms with E-state index in [0.29, 0.717) is 0 Å². The summed E-state index contributed by atoms with van der Waals surface area (Å²) >= 11 is 0. The first kappa shape index (κ1) is 12.0. The van der Waals surface area contributed by atoms with E-state index in [-0.39, 0.29) is 6.79 Å². The Bertz CT molecular complexity index is 765. The molecule has 0 atom stereocenters. The van der Waals surface area contributed by atoms with Crippen molar-refractivity contribution < 1.29 is 13.9 Å². The molecule has 21 heavy (non-hydrogen) atoms. The minimum absolute atomic E-state index is 0.245. The fourth-order valence-corrected chi connectivity index (χ4v) is 2.51. The Kier molecular flexibility index (Phi) is 2.85. The Labute approximate surface area is 122 Å². The van der Waals surface area contributed by atoms with Crippen molar-refractivity contribution in [3.8, 4) is 22.8 Å². The van der Waals surface area contributed by atoms with E-state index in [1.165, 1.54) is 12.0 Å². The molecule has 4 nitrogen and oxygen atoms in total. The molecule has 0 saturated carbocycles. The Morgan fingerprint density at radius 2 is 1.86 bits per heavy atom. The third kappa shape index (κ3) is 2.14. The first-order valence-electron chi connectivity index (χ1n) is 6.77. The number of nitrogens with zero attached hydrogens (tertiary/aromatic N) is 1. The van der Waals surface area contributed by atoms with E-state index >= 15 is 0 Å². The highest BCUT2D eigenvalue weighted by Gasteiger charge is 2.22. The van der Waals surface area contributed by atoms with Gasteiger partial charge in [0.15, 0.2) is 23.7 Å². The van der Waals surface area contributed by atoms with Crippen molar-refractivity contribution in [2.45, 2.75) is 6.42 Å². The molecule has 2 heterocycles. The summed E-state index contributed by atoms with van der Waals surface area (Å²) in [6, 6.07) is 16.0. The number of hydrogen-bond donors (Lipinski definition) is 0. The molecule has 4 rings (SSSR count). The van der Waals surface area contributed by atoms with Crippen molar-refractivity contribution >= 4 is 0 Å². The molecule has 4 heteroatoms. The van der Waals surface area contributed by atoms with Crippen LogP contribution in [0.4, 0.5) is 0 Å². The Morgan fingerprint density at radius 1 is 0.952 bits per heavy atom. The molecule has 0 radical (unpaired) electrons. The van der Waals surface area contributed by atoms with Gasteiger partial charge in [-0.3, -0.25) is 0 Å². The average Bonchev–Trinajstić information content (AvgIpc) is 3.16. The normalized spacial score (nSPS) is 12.6. The summed E-state index contributed by atoms with van der Waals surface area (Å²) in [4.78, 5) is 4.35. The van der Waals surface area contributed by atoms with E-state index < -0.39 is 0 Å². The molecular weight excluding hydrogens is 266 g/mol. The fourth-order valence-electron chi connectivity index (χ4n) is 2.51. The predicted molar refractivity (Wildman–Crippen MR) is 77.3 cm³/mol. The minimum Gasteiger partial charge on any atom is -0.454 e. The van der Waals surface area contributed by atoms with Crippen LogP contribution in [-0.2, 0) is 6.42 Å². The molecule has 1 aliphatic heterocycles. The molecule has 3 aromatic rings. The Morgan fingerprint density at radius 3 is 2.76 bits per heavy atom. The molecule has 0 aliphatic carbocycles. The number of ether oxygens (including phenoxy) is 2. The van der Waals surface area contributed by atoms with Crippen molar-refractivity contribution in [1.29, 1.82) is 0 Å². The summed E-state index contributed by atoms with van der Waals surface area (Å²) in [6.07, 6.45) is 2.19. The zero-order valence-electron chi connectivity index (χ0n) is 11.3. The molecule has 0 fully saturated rings. The van der Waals surface area contributed by atoms with Crippen LogP contribution in [0.1, 0.15) is 11.3 Å². The molecule has 0 N–H and O–H groups in total. The van der Waals surface area contributed by atoms with E-state index in [1.54, 1.807) is 0 Å². The third-order valence-electron chi connectivity index (χ3n) is 3.50. The van der Waals surface area contributed by atoms with Crippen molar-refractivity contribution in [3.63, 3.8) is 0 Å². The van der Waals surface area contributed by atoms with Gasteiger partial charge in [0.25, 0.3) is 0 Å². The summed E-state index contributed by atoms with van der Waals surface area (Å²) in [5.74, 6) is 2.21. The second kappa shape index (κ2) is 4.98. The van der Waals surface area contributed by atoms with E-state index in [2.05, 4.69) is 17.1 Å². The van der Waals surface area contributed by atoms with Gasteiger partial charge in [-0.05, 0) is 17.7 Å². The van der Waals surface area contributed by atoms with Crippen LogP contribution in [0.2, 0.25) is 0 Å². The lowest BCUT2D eigenvalue weighted by Gasteiger charge is -2.05. The Hall–Kier alpha value is -2.75. The summed E-state index contributed by atoms with van der Waals surface area (Å²) in [5, 5.41) is 0. The number of rotatable bonds is 3. The smallest absolute Gasteiger partial charge is 0.231 e. The quantitative estimate of drug-likeness (QED) is 0.734. The summed E-state index contributed by atoms with van der Waals surface area (Å²) in [6.45, 7) is 0.245. The van der Waals surface area contributed by atoms with Crippen LogP contribution in [0.15, 0.2) is 59.3 Å². The van der Waals surface area contributed by atoms with E-state index in [4.69, 9.17) is 13.9 Å². The highest BCUT2D eigenvalue weighted by Crippen LogP contribution is 2.42. The van der Waals surface area contributed by atoms with Crippen LogP contribution >= 0.6 is 0 Å². The molecule has 0 unspecified atom stereocenters. The lowest BCUT2D eigenvalue weighted by atomic mass is 10.0. The molecule has 2 aromatic carbocycles. The molecule has 0 saturated heterocycles. The molecule has 104 valence electrons. The van der Waals surface area contributed by atoms with Crippen LogP contribution in [0, 0.1) is 0 Å². The molecule has 1 aromatic heterocycles. The van der Waals surface area contributed by atoms with Crippen molar-refractivity contribution in [2.24, 2.45) is 0 Å². The maximum atomic E-state index is 5.60. The van der Waals surface area contributed by atoms with Gasteiger partial charge in [0, 0.05) is 6.42 Å². The van der Waals surface area contributed by atoms with Crippen LogP contribution in [0.3, 0.4) is 0 Å². The third-order valence-corrected chi connectivity index (χ3v) is 3.50. The van der Waals surface area contributed by atoms with E-state index in [0.717, 1.165) is 34.9 Å². The lowest BCUT2D eigenvalue weighted by Crippen LogP contribution is -1.94. The van der Waals surface area contributed by atoms with Crippen molar-refractivity contribution in [3.05, 3.63) is 66.2 Å². The lowest BCUT2D eigenvalue weighted by molar-refractivity contribution is 0.174. The van der Waals surface area contributed by atoms with E-state index in [9.17, 15) is 0 Å². The van der Waals surface area contributed by atoms with Crippen LogP contribution in [-0.4, -0.2) is 11.8 Å². The van der Waals surface area contributed by atoms with Gasteiger partial charge < -0.3 is 13.9 Å². The monoisotopic (exact) mass is 279 g/mol. The first-order valence-corrected chi connectivity index (χ1v) is 6.77. The first-order chi connectivity index (χ1) is 10.4. The molecule has 0 bridgehead atoms. The van der Waals surface area contributed by atoms with Gasteiger partial charge in [-0.25, -0.2) is 4.98 Å². The van der Waals surface area contributed by atoms with Gasteiger partial charge in [-0.15, -0.1) is 0 Å². The van der Waals surface area contributed by atoms with Crippen LogP contribution in [0.25, 0.3) is 11.3 Å². The maximum absolute atomic E-state index is 5.60. The second-order valence-corrected chi connectivity index (χ2v) is 4.83. The highest BCUT2D eigenvalue weighted by atomic mass is 16.7. The minimum atomic E-state index is 0.245. The topological polar surface area (TPSA) is 44.5 Å². The molecular formula is C17H13NO3. The SMILES string of the molecule is c1ccc(Cc2ncoc2-c2cccc3c2OCO3)cc1. The van der Waals surface area contributed by atoms with Gasteiger partial charge in [0.2, 0.25) is 6.79 Å². The number of hydrogen-bond acceptors (Lipinski definition) is 4. The number of fused-ring (bicyclic) bond motifs is 1. The van der Waals surface area contributed by atoms with Gasteiger partial charge in [0.1, 0.15) is 0 Å². The number of para-hydroxylation sites is 1. The predicted octanol–water partition coefficient (Wildman–Crippen LogP) is 3.66. The Balaban J connectivity index is 1.75. The second-order valence-electron chi connectivity index (χ2n) is 4.83. The summed E-state index contributed by atoms with van der Waals surface area (Å²) in [5.41, 5.74) is 2.97. The van der Waals surface area contributed by atoms with Crippen molar-refractivity contribution in [2.75, 3.05) is 6.79 Å².